The Morgan fingerprint density at radius 2 is 1.85 bits per heavy atom. The van der Waals surface area contributed by atoms with Crippen molar-refractivity contribution in [1.29, 1.82) is 0 Å². The maximum Gasteiger partial charge on any atom is 0.262 e. The molecule has 184 valence electrons. The number of hydrogen-bond acceptors (Lipinski definition) is 7. The van der Waals surface area contributed by atoms with E-state index in [4.69, 9.17) is 9.51 Å². The zero-order chi connectivity index (χ0) is 25.0. The highest BCUT2D eigenvalue weighted by Crippen LogP contribution is 2.24. The molecule has 0 radical (unpaired) electrons. The van der Waals surface area contributed by atoms with Crippen LogP contribution in [0.1, 0.15) is 54.2 Å². The summed E-state index contributed by atoms with van der Waals surface area (Å²) in [5.41, 5.74) is 1.12. The number of aromatic nitrogens is 3. The highest BCUT2D eigenvalue weighted by molar-refractivity contribution is 7.99. The number of nitrogens with one attached hydrogen (secondary N) is 1. The number of benzene rings is 1. The molecule has 0 fully saturated rings. The Hall–Kier alpha value is -2.65. The number of carbonyl (C=O) groups is 1. The fourth-order valence-electron chi connectivity index (χ4n) is 3.77. The Bertz CT molecular complexity index is 1190. The molecule has 0 saturated carbocycles. The summed E-state index contributed by atoms with van der Waals surface area (Å²) >= 11 is 1.24. The number of anilines is 1. The molecule has 0 bridgehead atoms. The summed E-state index contributed by atoms with van der Waals surface area (Å²) in [6.07, 6.45) is 0. The Balaban J connectivity index is 1.80. The number of rotatable bonds is 9. The van der Waals surface area contributed by atoms with Crippen LogP contribution in [0.4, 0.5) is 5.88 Å². The minimum atomic E-state index is -0.249. The Labute approximate surface area is 205 Å². The summed E-state index contributed by atoms with van der Waals surface area (Å²) in [6.45, 7) is 15.9. The number of nitrogens with zero attached hydrogens (tertiary/aromatic N) is 4. The molecule has 0 atom stereocenters. The van der Waals surface area contributed by atoms with Crippen molar-refractivity contribution in [3.63, 3.8) is 0 Å². The van der Waals surface area contributed by atoms with Gasteiger partial charge in [0.05, 0.1) is 22.3 Å². The van der Waals surface area contributed by atoms with Crippen LogP contribution in [0, 0.1) is 0 Å². The SMILES string of the molecule is CC(C)N(CCn1c(SCC(=O)Nc2cc(C(C)(C)C)no2)nc2ccccc2c1=O)C(C)C. The fourth-order valence-corrected chi connectivity index (χ4v) is 4.60. The molecule has 0 unspecified atom stereocenters. The smallest absolute Gasteiger partial charge is 0.262 e. The third kappa shape index (κ3) is 6.27. The third-order valence-corrected chi connectivity index (χ3v) is 6.58. The lowest BCUT2D eigenvalue weighted by molar-refractivity contribution is -0.113. The summed E-state index contributed by atoms with van der Waals surface area (Å²) in [7, 11) is 0. The van der Waals surface area contributed by atoms with Gasteiger partial charge in [0.25, 0.3) is 5.56 Å². The van der Waals surface area contributed by atoms with Crippen molar-refractivity contribution in [3.05, 3.63) is 46.4 Å². The molecule has 3 rings (SSSR count). The van der Waals surface area contributed by atoms with Crippen LogP contribution in [0.2, 0.25) is 0 Å². The van der Waals surface area contributed by atoms with E-state index >= 15 is 0 Å². The zero-order valence-corrected chi connectivity index (χ0v) is 21.9. The molecule has 9 heteroatoms. The van der Waals surface area contributed by atoms with Crippen molar-refractivity contribution in [2.24, 2.45) is 0 Å². The molecule has 2 aromatic heterocycles. The van der Waals surface area contributed by atoms with E-state index in [2.05, 4.69) is 43.1 Å². The van der Waals surface area contributed by atoms with Gasteiger partial charge in [-0.15, -0.1) is 0 Å². The van der Waals surface area contributed by atoms with E-state index in [1.807, 2.05) is 39.0 Å². The topological polar surface area (TPSA) is 93.3 Å². The highest BCUT2D eigenvalue weighted by atomic mass is 32.2. The summed E-state index contributed by atoms with van der Waals surface area (Å²) in [5, 5.41) is 7.88. The van der Waals surface area contributed by atoms with Crippen LogP contribution in [0.25, 0.3) is 10.9 Å². The Morgan fingerprint density at radius 1 is 1.18 bits per heavy atom. The standard InChI is InChI=1S/C25H35N5O3S/c1-16(2)29(17(3)4)12-13-30-23(32)18-10-8-9-11-19(18)26-24(30)34-15-21(31)27-22-14-20(28-33-22)25(5,6)7/h8-11,14,16-17H,12-13,15H2,1-7H3,(H,27,31). The first-order valence-corrected chi connectivity index (χ1v) is 12.6. The summed E-state index contributed by atoms with van der Waals surface area (Å²) in [4.78, 5) is 33.0. The molecule has 0 aliphatic carbocycles. The first-order chi connectivity index (χ1) is 16.0. The largest absolute Gasteiger partial charge is 0.338 e. The molecule has 0 saturated heterocycles. The van der Waals surface area contributed by atoms with Crippen molar-refractivity contribution in [2.45, 2.75) is 77.7 Å². The van der Waals surface area contributed by atoms with Crippen molar-refractivity contribution in [3.8, 4) is 0 Å². The van der Waals surface area contributed by atoms with Crippen LogP contribution in [0.15, 0.2) is 44.8 Å². The molecular weight excluding hydrogens is 450 g/mol. The van der Waals surface area contributed by atoms with Gasteiger partial charge in [-0.2, -0.15) is 0 Å². The zero-order valence-electron chi connectivity index (χ0n) is 21.1. The molecule has 3 aromatic rings. The quantitative estimate of drug-likeness (QED) is 0.351. The van der Waals surface area contributed by atoms with Crippen molar-refractivity contribution in [2.75, 3.05) is 17.6 Å². The predicted octanol–water partition coefficient (Wildman–Crippen LogP) is 4.53. The van der Waals surface area contributed by atoms with Gasteiger partial charge in [-0.3, -0.25) is 24.4 Å². The lowest BCUT2D eigenvalue weighted by Gasteiger charge is -2.30. The molecule has 0 spiro atoms. The van der Waals surface area contributed by atoms with Crippen LogP contribution in [0.5, 0.6) is 0 Å². The molecule has 34 heavy (non-hydrogen) atoms. The average Bonchev–Trinajstić information content (AvgIpc) is 3.22. The minimum absolute atomic E-state index is 0.0916. The molecule has 2 heterocycles. The van der Waals surface area contributed by atoms with Crippen LogP contribution in [-0.4, -0.2) is 49.9 Å². The fraction of sp³-hybridized carbons (Fsp3) is 0.520. The van der Waals surface area contributed by atoms with Gasteiger partial charge >= 0.3 is 0 Å². The number of amides is 1. The van der Waals surface area contributed by atoms with Crippen LogP contribution in [0.3, 0.4) is 0 Å². The summed E-state index contributed by atoms with van der Waals surface area (Å²) in [5.74, 6) is 0.152. The Kier molecular flexibility index (Phi) is 8.20. The van der Waals surface area contributed by atoms with Crippen LogP contribution in [-0.2, 0) is 16.8 Å². The van der Waals surface area contributed by atoms with E-state index in [1.54, 1.807) is 16.7 Å². The highest BCUT2D eigenvalue weighted by Gasteiger charge is 2.21. The molecular formula is C25H35N5O3S. The second kappa shape index (κ2) is 10.7. The van der Waals surface area contributed by atoms with Gasteiger partial charge in [-0.05, 0) is 39.8 Å². The second-order valence-corrected chi connectivity index (χ2v) is 10.9. The van der Waals surface area contributed by atoms with Crippen LogP contribution < -0.4 is 10.9 Å². The van der Waals surface area contributed by atoms with E-state index in [9.17, 15) is 9.59 Å². The molecule has 0 aliphatic rings. The molecule has 1 N–H and O–H groups in total. The van der Waals surface area contributed by atoms with E-state index in [0.717, 1.165) is 5.69 Å². The van der Waals surface area contributed by atoms with Gasteiger partial charge < -0.3 is 4.52 Å². The van der Waals surface area contributed by atoms with E-state index in [0.29, 0.717) is 47.1 Å². The average molecular weight is 486 g/mol. The Morgan fingerprint density at radius 3 is 2.47 bits per heavy atom. The number of thioether (sulfide) groups is 1. The van der Waals surface area contributed by atoms with Gasteiger partial charge in [-0.25, -0.2) is 4.98 Å². The van der Waals surface area contributed by atoms with E-state index < -0.39 is 0 Å². The maximum absolute atomic E-state index is 13.3. The van der Waals surface area contributed by atoms with E-state index in [1.165, 1.54) is 11.8 Å². The molecule has 1 aromatic carbocycles. The van der Waals surface area contributed by atoms with Gasteiger partial charge in [0, 0.05) is 36.7 Å². The van der Waals surface area contributed by atoms with Crippen molar-refractivity contribution >= 4 is 34.5 Å². The minimum Gasteiger partial charge on any atom is -0.338 e. The van der Waals surface area contributed by atoms with Gasteiger partial charge in [0.15, 0.2) is 5.16 Å². The monoisotopic (exact) mass is 485 g/mol. The summed E-state index contributed by atoms with van der Waals surface area (Å²) < 4.78 is 6.94. The van der Waals surface area contributed by atoms with Gasteiger partial charge in [0.2, 0.25) is 11.8 Å². The van der Waals surface area contributed by atoms with Gasteiger partial charge in [0.1, 0.15) is 0 Å². The first-order valence-electron chi connectivity index (χ1n) is 11.6. The number of fused-ring (bicyclic) bond motifs is 1. The van der Waals surface area contributed by atoms with E-state index in [-0.39, 0.29) is 22.6 Å². The molecule has 1 amide bonds. The lowest BCUT2D eigenvalue weighted by Crippen LogP contribution is -2.40. The maximum atomic E-state index is 13.3. The van der Waals surface area contributed by atoms with Gasteiger partial charge in [-0.1, -0.05) is 49.8 Å². The summed E-state index contributed by atoms with van der Waals surface area (Å²) in [6, 6.07) is 9.75. The second-order valence-electron chi connectivity index (χ2n) is 9.96. The number of carbonyl (C=O) groups excluding carboxylic acids is 1. The first kappa shape index (κ1) is 26.0. The lowest BCUT2D eigenvalue weighted by atomic mass is 9.92. The van der Waals surface area contributed by atoms with Crippen molar-refractivity contribution in [1.82, 2.24) is 19.6 Å². The normalized spacial score (nSPS) is 12.3. The number of para-hydroxylation sites is 1. The third-order valence-electron chi connectivity index (χ3n) is 5.61. The molecule has 0 aliphatic heterocycles. The predicted molar refractivity (Wildman–Crippen MR) is 138 cm³/mol. The molecule has 8 nitrogen and oxygen atoms in total. The van der Waals surface area contributed by atoms with Crippen molar-refractivity contribution < 1.29 is 9.32 Å². The number of hydrogen-bond donors (Lipinski definition) is 1. The van der Waals surface area contributed by atoms with Crippen LogP contribution >= 0.6 is 11.8 Å².